The molecule has 2 bridgehead atoms. The number of amides is 1. The van der Waals surface area contributed by atoms with E-state index in [-0.39, 0.29) is 11.9 Å². The summed E-state index contributed by atoms with van der Waals surface area (Å²) in [5, 5.41) is 11.0. The molecule has 6 unspecified atom stereocenters. The molecule has 0 aromatic carbocycles. The number of nitrogens with one attached hydrogen (secondary N) is 2. The van der Waals surface area contributed by atoms with Gasteiger partial charge in [0.15, 0.2) is 0 Å². The molecular formula is C19H30N4O. The first-order valence-electron chi connectivity index (χ1n) is 9.53. The summed E-state index contributed by atoms with van der Waals surface area (Å²) in [6.45, 7) is 6.54. The largest absolute Gasteiger partial charge is 0.367 e. The zero-order valence-corrected chi connectivity index (χ0v) is 15.2. The van der Waals surface area contributed by atoms with Gasteiger partial charge in [0, 0.05) is 19.1 Å². The molecule has 6 atom stereocenters. The van der Waals surface area contributed by atoms with Gasteiger partial charge in [-0.05, 0) is 69.1 Å². The van der Waals surface area contributed by atoms with E-state index in [0.717, 1.165) is 29.5 Å². The quantitative estimate of drug-likeness (QED) is 0.892. The van der Waals surface area contributed by atoms with Crippen molar-refractivity contribution in [1.82, 2.24) is 15.1 Å². The predicted molar refractivity (Wildman–Crippen MR) is 94.8 cm³/mol. The summed E-state index contributed by atoms with van der Waals surface area (Å²) < 4.78 is 1.76. The van der Waals surface area contributed by atoms with E-state index in [1.54, 1.807) is 10.9 Å². The average molecular weight is 330 g/mol. The van der Waals surface area contributed by atoms with Crippen LogP contribution in [0.15, 0.2) is 6.20 Å². The molecule has 2 N–H and O–H groups in total. The van der Waals surface area contributed by atoms with Crippen LogP contribution < -0.4 is 10.6 Å². The summed E-state index contributed by atoms with van der Waals surface area (Å²) in [5.74, 6) is 4.85. The SMILES string of the molecule is CC1CC2CC3C(C1)C(NC(=O)c1cnn(C)c1NC(C)C)C3C2. The number of fused-ring (bicyclic) bond motifs is 1. The van der Waals surface area contributed by atoms with Crippen LogP contribution >= 0.6 is 0 Å². The van der Waals surface area contributed by atoms with Crippen molar-refractivity contribution in [2.45, 2.75) is 58.5 Å². The molecule has 132 valence electrons. The average Bonchev–Trinajstić information content (AvgIpc) is 2.99. The van der Waals surface area contributed by atoms with Gasteiger partial charge >= 0.3 is 0 Å². The molecule has 1 aromatic rings. The molecule has 3 aliphatic rings. The Bertz CT molecular complexity index is 637. The standard InChI is InChI=1S/C19H30N4O/c1-10(2)21-18-16(9-20-23(18)4)19(24)22-17-14-6-11(3)5-12-7-13(14)15(17)8-12/h9-15,17,21H,5-8H2,1-4H3,(H,22,24). The smallest absolute Gasteiger partial charge is 0.256 e. The molecule has 5 heteroatoms. The monoisotopic (exact) mass is 330 g/mol. The highest BCUT2D eigenvalue weighted by molar-refractivity contribution is 5.99. The van der Waals surface area contributed by atoms with E-state index in [1.165, 1.54) is 25.7 Å². The normalized spacial score (nSPS) is 37.0. The van der Waals surface area contributed by atoms with E-state index in [1.807, 2.05) is 7.05 Å². The van der Waals surface area contributed by atoms with Crippen LogP contribution in [0.4, 0.5) is 5.82 Å². The van der Waals surface area contributed by atoms with E-state index in [0.29, 0.717) is 17.5 Å². The molecule has 1 aromatic heterocycles. The van der Waals surface area contributed by atoms with Gasteiger partial charge in [0.25, 0.3) is 5.91 Å². The highest BCUT2D eigenvalue weighted by atomic mass is 16.1. The number of anilines is 1. The lowest BCUT2D eigenvalue weighted by Gasteiger charge is -2.50. The maximum Gasteiger partial charge on any atom is 0.256 e. The summed E-state index contributed by atoms with van der Waals surface area (Å²) in [6.07, 6.45) is 7.10. The molecule has 5 nitrogen and oxygen atoms in total. The van der Waals surface area contributed by atoms with E-state index in [9.17, 15) is 4.79 Å². The van der Waals surface area contributed by atoms with Gasteiger partial charge in [0.1, 0.15) is 11.4 Å². The Labute approximate surface area is 144 Å². The molecule has 0 saturated heterocycles. The second-order valence-electron chi connectivity index (χ2n) is 8.73. The molecule has 3 saturated carbocycles. The molecular weight excluding hydrogens is 300 g/mol. The summed E-state index contributed by atoms with van der Waals surface area (Å²) in [5.41, 5.74) is 0.674. The van der Waals surface area contributed by atoms with Gasteiger partial charge in [-0.25, -0.2) is 0 Å². The number of hydrogen-bond donors (Lipinski definition) is 2. The van der Waals surface area contributed by atoms with E-state index >= 15 is 0 Å². The van der Waals surface area contributed by atoms with Gasteiger partial charge in [-0.3, -0.25) is 9.48 Å². The summed E-state index contributed by atoms with van der Waals surface area (Å²) in [6, 6.07) is 0.650. The summed E-state index contributed by atoms with van der Waals surface area (Å²) in [7, 11) is 1.88. The molecule has 3 aliphatic carbocycles. The molecule has 4 rings (SSSR count). The number of rotatable bonds is 4. The third-order valence-electron chi connectivity index (χ3n) is 6.55. The van der Waals surface area contributed by atoms with Gasteiger partial charge < -0.3 is 10.6 Å². The van der Waals surface area contributed by atoms with Crippen molar-refractivity contribution in [1.29, 1.82) is 0 Å². The molecule has 24 heavy (non-hydrogen) atoms. The van der Waals surface area contributed by atoms with Crippen molar-refractivity contribution in [3.05, 3.63) is 11.8 Å². The van der Waals surface area contributed by atoms with Gasteiger partial charge in [0.05, 0.1) is 6.20 Å². The van der Waals surface area contributed by atoms with Gasteiger partial charge in [-0.1, -0.05) is 6.92 Å². The predicted octanol–water partition coefficient (Wildman–Crippen LogP) is 3.04. The lowest BCUT2D eigenvalue weighted by Crippen LogP contribution is -2.58. The number of aromatic nitrogens is 2. The lowest BCUT2D eigenvalue weighted by molar-refractivity contribution is 0.0194. The van der Waals surface area contributed by atoms with Crippen LogP contribution in [-0.2, 0) is 7.05 Å². The highest BCUT2D eigenvalue weighted by Gasteiger charge is 2.57. The summed E-state index contributed by atoms with van der Waals surface area (Å²) in [4.78, 5) is 12.9. The Hall–Kier alpha value is -1.52. The van der Waals surface area contributed by atoms with Crippen LogP contribution in [0.2, 0.25) is 0 Å². The zero-order chi connectivity index (χ0) is 17.0. The number of carbonyl (C=O) groups is 1. The van der Waals surface area contributed by atoms with Gasteiger partial charge in [-0.2, -0.15) is 5.10 Å². The fourth-order valence-corrected chi connectivity index (χ4v) is 5.69. The minimum Gasteiger partial charge on any atom is -0.367 e. The van der Waals surface area contributed by atoms with E-state index < -0.39 is 0 Å². The van der Waals surface area contributed by atoms with Crippen molar-refractivity contribution >= 4 is 11.7 Å². The number of aryl methyl sites for hydroxylation is 1. The third-order valence-corrected chi connectivity index (χ3v) is 6.55. The first-order valence-corrected chi connectivity index (χ1v) is 9.53. The van der Waals surface area contributed by atoms with Gasteiger partial charge in [-0.15, -0.1) is 0 Å². The molecule has 0 radical (unpaired) electrons. The second kappa shape index (κ2) is 5.78. The topological polar surface area (TPSA) is 59.0 Å². The van der Waals surface area contributed by atoms with Crippen molar-refractivity contribution in [2.75, 3.05) is 5.32 Å². The number of hydrogen-bond acceptors (Lipinski definition) is 3. The maximum absolute atomic E-state index is 12.9. The zero-order valence-electron chi connectivity index (χ0n) is 15.2. The Morgan fingerprint density at radius 2 is 1.92 bits per heavy atom. The fourth-order valence-electron chi connectivity index (χ4n) is 5.69. The molecule has 0 spiro atoms. The summed E-state index contributed by atoms with van der Waals surface area (Å²) >= 11 is 0. The Balaban J connectivity index is 1.49. The minimum absolute atomic E-state index is 0.0383. The maximum atomic E-state index is 12.9. The molecule has 0 aliphatic heterocycles. The highest BCUT2D eigenvalue weighted by Crippen LogP contribution is 2.59. The number of nitrogens with zero attached hydrogens (tertiary/aromatic N) is 2. The lowest BCUT2D eigenvalue weighted by atomic mass is 9.59. The van der Waals surface area contributed by atoms with Crippen LogP contribution in [0, 0.1) is 29.6 Å². The van der Waals surface area contributed by atoms with Crippen molar-refractivity contribution in [2.24, 2.45) is 36.6 Å². The fraction of sp³-hybridized carbons (Fsp3) is 0.789. The Kier molecular flexibility index (Phi) is 3.85. The van der Waals surface area contributed by atoms with Crippen molar-refractivity contribution < 1.29 is 4.79 Å². The minimum atomic E-state index is 0.0383. The Morgan fingerprint density at radius 1 is 1.21 bits per heavy atom. The number of carbonyl (C=O) groups excluding carboxylic acids is 1. The van der Waals surface area contributed by atoms with E-state index in [2.05, 4.69) is 36.5 Å². The van der Waals surface area contributed by atoms with Crippen LogP contribution in [0.25, 0.3) is 0 Å². The van der Waals surface area contributed by atoms with Gasteiger partial charge in [0.2, 0.25) is 0 Å². The van der Waals surface area contributed by atoms with E-state index in [4.69, 9.17) is 0 Å². The van der Waals surface area contributed by atoms with Crippen LogP contribution in [-0.4, -0.2) is 27.8 Å². The second-order valence-corrected chi connectivity index (χ2v) is 8.73. The van der Waals surface area contributed by atoms with Crippen LogP contribution in [0.3, 0.4) is 0 Å². The first kappa shape index (κ1) is 16.0. The first-order chi connectivity index (χ1) is 11.4. The van der Waals surface area contributed by atoms with Crippen LogP contribution in [0.1, 0.15) is 56.8 Å². The molecule has 1 heterocycles. The third kappa shape index (κ3) is 2.52. The van der Waals surface area contributed by atoms with Crippen molar-refractivity contribution in [3.63, 3.8) is 0 Å². The Morgan fingerprint density at radius 3 is 2.67 bits per heavy atom. The van der Waals surface area contributed by atoms with Crippen molar-refractivity contribution in [3.8, 4) is 0 Å². The molecule has 1 amide bonds. The molecule has 3 fully saturated rings. The van der Waals surface area contributed by atoms with Crippen LogP contribution in [0.5, 0.6) is 0 Å².